The summed E-state index contributed by atoms with van der Waals surface area (Å²) in [6, 6.07) is 18.0. The zero-order chi connectivity index (χ0) is 11.4. The monoisotopic (exact) mass is 231 g/mol. The topological polar surface area (TPSA) is 26.0 Å². The maximum absolute atomic E-state index is 6.13. The Morgan fingerprint density at radius 3 is 2.19 bits per heavy atom. The van der Waals surface area contributed by atoms with Crippen molar-refractivity contribution in [2.75, 3.05) is 0 Å². The van der Waals surface area contributed by atoms with Crippen molar-refractivity contribution in [1.82, 2.24) is 0 Å². The van der Waals surface area contributed by atoms with Gasteiger partial charge >= 0.3 is 0 Å². The van der Waals surface area contributed by atoms with Crippen LogP contribution in [-0.2, 0) is 6.42 Å². The minimum atomic E-state index is 0.0275. The molecule has 0 aliphatic rings. The van der Waals surface area contributed by atoms with Crippen molar-refractivity contribution >= 4 is 11.6 Å². The molecule has 0 bridgehead atoms. The average molecular weight is 232 g/mol. The summed E-state index contributed by atoms with van der Waals surface area (Å²) in [5.41, 5.74) is 8.51. The second-order valence-electron chi connectivity index (χ2n) is 3.85. The summed E-state index contributed by atoms with van der Waals surface area (Å²) < 4.78 is 0. The Kier molecular flexibility index (Phi) is 3.60. The molecule has 1 nitrogen and oxygen atoms in total. The van der Waals surface area contributed by atoms with Gasteiger partial charge in [0.2, 0.25) is 0 Å². The molecule has 2 aromatic carbocycles. The SMILES string of the molecule is N[C@@H](Cc1ccccc1)c1ccc(Cl)cc1. The summed E-state index contributed by atoms with van der Waals surface area (Å²) in [6.45, 7) is 0. The summed E-state index contributed by atoms with van der Waals surface area (Å²) in [7, 11) is 0. The van der Waals surface area contributed by atoms with Crippen molar-refractivity contribution in [3.05, 3.63) is 70.7 Å². The van der Waals surface area contributed by atoms with E-state index in [4.69, 9.17) is 17.3 Å². The molecule has 0 aliphatic carbocycles. The Balaban J connectivity index is 2.09. The Labute approximate surface area is 101 Å². The van der Waals surface area contributed by atoms with E-state index in [0.29, 0.717) is 0 Å². The molecule has 82 valence electrons. The zero-order valence-electron chi connectivity index (χ0n) is 8.94. The highest BCUT2D eigenvalue weighted by atomic mass is 35.5. The highest BCUT2D eigenvalue weighted by Crippen LogP contribution is 2.18. The quantitative estimate of drug-likeness (QED) is 0.859. The van der Waals surface area contributed by atoms with E-state index in [1.165, 1.54) is 5.56 Å². The Hall–Kier alpha value is -1.31. The predicted molar refractivity (Wildman–Crippen MR) is 68.5 cm³/mol. The second kappa shape index (κ2) is 5.15. The molecule has 0 heterocycles. The van der Waals surface area contributed by atoms with Gasteiger partial charge in [0.25, 0.3) is 0 Å². The van der Waals surface area contributed by atoms with E-state index in [1.807, 2.05) is 42.5 Å². The maximum Gasteiger partial charge on any atom is 0.0406 e. The van der Waals surface area contributed by atoms with Crippen LogP contribution >= 0.6 is 11.6 Å². The van der Waals surface area contributed by atoms with Gasteiger partial charge in [-0.05, 0) is 29.7 Å². The van der Waals surface area contributed by atoms with Crippen LogP contribution in [0.2, 0.25) is 5.02 Å². The standard InChI is InChI=1S/C14H14ClN/c15-13-8-6-12(7-9-13)14(16)10-11-4-2-1-3-5-11/h1-9,14H,10,16H2/t14-/m0/s1. The van der Waals surface area contributed by atoms with Crippen LogP contribution in [0.4, 0.5) is 0 Å². The third-order valence-corrected chi connectivity index (χ3v) is 2.85. The number of rotatable bonds is 3. The molecule has 0 aliphatic heterocycles. The number of benzene rings is 2. The lowest BCUT2D eigenvalue weighted by atomic mass is 10.00. The molecule has 0 radical (unpaired) electrons. The van der Waals surface area contributed by atoms with Crippen molar-refractivity contribution < 1.29 is 0 Å². The molecule has 16 heavy (non-hydrogen) atoms. The van der Waals surface area contributed by atoms with E-state index in [1.54, 1.807) is 0 Å². The summed E-state index contributed by atoms with van der Waals surface area (Å²) in [5, 5.41) is 0.746. The average Bonchev–Trinajstić information content (AvgIpc) is 2.31. The molecular formula is C14H14ClN. The highest BCUT2D eigenvalue weighted by molar-refractivity contribution is 6.30. The van der Waals surface area contributed by atoms with E-state index in [2.05, 4.69) is 12.1 Å². The normalized spacial score (nSPS) is 12.4. The largest absolute Gasteiger partial charge is 0.324 e. The van der Waals surface area contributed by atoms with Gasteiger partial charge in [0.05, 0.1) is 0 Å². The molecule has 0 fully saturated rings. The van der Waals surface area contributed by atoms with Gasteiger partial charge in [0.1, 0.15) is 0 Å². The first-order valence-electron chi connectivity index (χ1n) is 5.30. The van der Waals surface area contributed by atoms with Gasteiger partial charge in [0.15, 0.2) is 0 Å². The van der Waals surface area contributed by atoms with Crippen molar-refractivity contribution in [2.45, 2.75) is 12.5 Å². The molecule has 1 atom stereocenters. The van der Waals surface area contributed by atoms with Crippen molar-refractivity contribution in [3.63, 3.8) is 0 Å². The molecule has 0 spiro atoms. The first-order chi connectivity index (χ1) is 7.75. The molecule has 0 saturated carbocycles. The molecule has 2 aromatic rings. The summed E-state index contributed by atoms with van der Waals surface area (Å²) >= 11 is 5.84. The van der Waals surface area contributed by atoms with E-state index in [-0.39, 0.29) is 6.04 Å². The van der Waals surface area contributed by atoms with Crippen molar-refractivity contribution in [3.8, 4) is 0 Å². The molecule has 2 rings (SSSR count). The van der Waals surface area contributed by atoms with Crippen LogP contribution in [0.3, 0.4) is 0 Å². The second-order valence-corrected chi connectivity index (χ2v) is 4.28. The smallest absolute Gasteiger partial charge is 0.0406 e. The molecule has 2 N–H and O–H groups in total. The first-order valence-corrected chi connectivity index (χ1v) is 5.68. The lowest BCUT2D eigenvalue weighted by molar-refractivity contribution is 0.722. The number of nitrogens with two attached hydrogens (primary N) is 1. The third-order valence-electron chi connectivity index (χ3n) is 2.60. The van der Waals surface area contributed by atoms with Crippen LogP contribution in [0.15, 0.2) is 54.6 Å². The van der Waals surface area contributed by atoms with Gasteiger partial charge in [-0.3, -0.25) is 0 Å². The van der Waals surface area contributed by atoms with Gasteiger partial charge in [-0.2, -0.15) is 0 Å². The van der Waals surface area contributed by atoms with Crippen LogP contribution in [0, 0.1) is 0 Å². The first kappa shape index (κ1) is 11.2. The van der Waals surface area contributed by atoms with Crippen molar-refractivity contribution in [1.29, 1.82) is 0 Å². The lowest BCUT2D eigenvalue weighted by Gasteiger charge is -2.12. The number of hydrogen-bond donors (Lipinski definition) is 1. The van der Waals surface area contributed by atoms with Crippen LogP contribution in [0.5, 0.6) is 0 Å². The molecule has 0 aromatic heterocycles. The minimum absolute atomic E-state index is 0.0275. The molecule has 0 saturated heterocycles. The number of halogens is 1. The molecule has 0 amide bonds. The van der Waals surface area contributed by atoms with Crippen molar-refractivity contribution in [2.24, 2.45) is 5.73 Å². The lowest BCUT2D eigenvalue weighted by Crippen LogP contribution is -2.13. The third kappa shape index (κ3) is 2.84. The Morgan fingerprint density at radius 1 is 0.938 bits per heavy atom. The van der Waals surface area contributed by atoms with E-state index < -0.39 is 0 Å². The van der Waals surface area contributed by atoms with Gasteiger partial charge in [-0.25, -0.2) is 0 Å². The van der Waals surface area contributed by atoms with E-state index >= 15 is 0 Å². The fourth-order valence-electron chi connectivity index (χ4n) is 1.70. The zero-order valence-corrected chi connectivity index (χ0v) is 9.69. The van der Waals surface area contributed by atoms with Crippen LogP contribution < -0.4 is 5.73 Å². The van der Waals surface area contributed by atoms with Gasteiger partial charge in [-0.1, -0.05) is 54.1 Å². The maximum atomic E-state index is 6.13. The summed E-state index contributed by atoms with van der Waals surface area (Å²) in [4.78, 5) is 0. The fraction of sp³-hybridized carbons (Fsp3) is 0.143. The summed E-state index contributed by atoms with van der Waals surface area (Å²) in [6.07, 6.45) is 0.850. The van der Waals surface area contributed by atoms with Gasteiger partial charge < -0.3 is 5.73 Å². The highest BCUT2D eigenvalue weighted by Gasteiger charge is 2.06. The Morgan fingerprint density at radius 2 is 1.56 bits per heavy atom. The van der Waals surface area contributed by atoms with Gasteiger partial charge in [0, 0.05) is 11.1 Å². The summed E-state index contributed by atoms with van der Waals surface area (Å²) in [5.74, 6) is 0. The molecule has 0 unspecified atom stereocenters. The predicted octanol–water partition coefficient (Wildman–Crippen LogP) is 3.58. The van der Waals surface area contributed by atoms with E-state index in [0.717, 1.165) is 17.0 Å². The molecular weight excluding hydrogens is 218 g/mol. The fourth-order valence-corrected chi connectivity index (χ4v) is 1.82. The Bertz CT molecular complexity index is 436. The van der Waals surface area contributed by atoms with Crippen LogP contribution in [-0.4, -0.2) is 0 Å². The van der Waals surface area contributed by atoms with Gasteiger partial charge in [-0.15, -0.1) is 0 Å². The number of hydrogen-bond acceptors (Lipinski definition) is 1. The minimum Gasteiger partial charge on any atom is -0.324 e. The van der Waals surface area contributed by atoms with Crippen LogP contribution in [0.25, 0.3) is 0 Å². The van der Waals surface area contributed by atoms with Crippen LogP contribution in [0.1, 0.15) is 17.2 Å². The molecule has 2 heteroatoms. The van der Waals surface area contributed by atoms with E-state index in [9.17, 15) is 0 Å².